The highest BCUT2D eigenvalue weighted by atomic mass is 16.1. The summed E-state index contributed by atoms with van der Waals surface area (Å²) in [5.74, 6) is 0.658. The zero-order chi connectivity index (χ0) is 13.9. The topological polar surface area (TPSA) is 67.0 Å². The van der Waals surface area contributed by atoms with E-state index < -0.39 is 0 Å². The minimum Gasteiger partial charge on any atom is -0.330 e. The van der Waals surface area contributed by atoms with E-state index in [-0.39, 0.29) is 5.69 Å². The maximum Gasteiger partial charge on any atom is 0.326 e. The Kier molecular flexibility index (Phi) is 3.89. The van der Waals surface area contributed by atoms with Crippen molar-refractivity contribution < 1.29 is 0 Å². The monoisotopic (exact) mass is 274 g/mol. The quantitative estimate of drug-likeness (QED) is 0.855. The molecule has 0 aliphatic carbocycles. The molecule has 0 bridgehead atoms. The third kappa shape index (κ3) is 2.64. The third-order valence-corrected chi connectivity index (χ3v) is 4.24. The van der Waals surface area contributed by atoms with E-state index in [1.807, 2.05) is 28.8 Å². The number of imidazole rings is 1. The first-order chi connectivity index (χ1) is 9.78. The van der Waals surface area contributed by atoms with Gasteiger partial charge in [-0.25, -0.2) is 4.79 Å². The van der Waals surface area contributed by atoms with Gasteiger partial charge in [0.25, 0.3) is 0 Å². The Labute approximate surface area is 118 Å². The second-order valence-electron chi connectivity index (χ2n) is 5.64. The summed E-state index contributed by atoms with van der Waals surface area (Å²) in [6, 6.07) is 7.85. The maximum atomic E-state index is 11.9. The van der Waals surface area contributed by atoms with Crippen molar-refractivity contribution in [1.29, 1.82) is 0 Å². The van der Waals surface area contributed by atoms with Crippen molar-refractivity contribution in [3.63, 3.8) is 0 Å². The highest BCUT2D eigenvalue weighted by Crippen LogP contribution is 2.15. The molecule has 0 amide bonds. The number of likely N-dealkylation sites (tertiary alicyclic amines) is 1. The van der Waals surface area contributed by atoms with Gasteiger partial charge in [0.1, 0.15) is 0 Å². The van der Waals surface area contributed by atoms with E-state index in [9.17, 15) is 4.79 Å². The molecule has 0 saturated carbocycles. The van der Waals surface area contributed by atoms with Gasteiger partial charge in [0.15, 0.2) is 0 Å². The molecule has 1 aliphatic rings. The van der Waals surface area contributed by atoms with Gasteiger partial charge in [0.2, 0.25) is 0 Å². The first-order valence-electron chi connectivity index (χ1n) is 7.38. The fourth-order valence-corrected chi connectivity index (χ4v) is 3.09. The van der Waals surface area contributed by atoms with Crippen LogP contribution in [0.5, 0.6) is 0 Å². The van der Waals surface area contributed by atoms with E-state index in [1.165, 1.54) is 6.42 Å². The summed E-state index contributed by atoms with van der Waals surface area (Å²) in [4.78, 5) is 17.3. The molecule has 2 aromatic rings. The Bertz CT molecular complexity index is 630. The number of fused-ring (bicyclic) bond motifs is 1. The van der Waals surface area contributed by atoms with Crippen molar-refractivity contribution >= 4 is 11.0 Å². The number of nitrogens with two attached hydrogens (primary N) is 1. The molecule has 1 aromatic heterocycles. The van der Waals surface area contributed by atoms with E-state index >= 15 is 0 Å². The fourth-order valence-electron chi connectivity index (χ4n) is 3.09. The standard InChI is InChI=1S/C15H22N4O/c16-10-12-6-9-18(11-12)7-3-8-19-14-5-2-1-4-13(14)17-15(19)20/h1-2,4-5,12H,3,6-11,16H2,(H,17,20). The van der Waals surface area contributed by atoms with Crippen LogP contribution in [0.4, 0.5) is 0 Å². The van der Waals surface area contributed by atoms with Crippen LogP contribution < -0.4 is 11.4 Å². The van der Waals surface area contributed by atoms with Gasteiger partial charge >= 0.3 is 5.69 Å². The minimum absolute atomic E-state index is 0.00698. The molecule has 5 heteroatoms. The second-order valence-corrected chi connectivity index (χ2v) is 5.64. The number of nitrogens with one attached hydrogen (secondary N) is 1. The Morgan fingerprint density at radius 2 is 2.15 bits per heavy atom. The predicted molar refractivity (Wildman–Crippen MR) is 80.8 cm³/mol. The SMILES string of the molecule is NCC1CCN(CCCn2c(=O)[nH]c3ccccc32)C1. The lowest BCUT2D eigenvalue weighted by Crippen LogP contribution is -2.26. The minimum atomic E-state index is -0.00698. The van der Waals surface area contributed by atoms with Crippen LogP contribution in [0.25, 0.3) is 11.0 Å². The van der Waals surface area contributed by atoms with E-state index in [0.29, 0.717) is 5.92 Å². The van der Waals surface area contributed by atoms with Gasteiger partial charge in [0.05, 0.1) is 11.0 Å². The summed E-state index contributed by atoms with van der Waals surface area (Å²) in [5.41, 5.74) is 7.62. The molecule has 108 valence electrons. The lowest BCUT2D eigenvalue weighted by molar-refractivity contribution is 0.313. The smallest absolute Gasteiger partial charge is 0.326 e. The summed E-state index contributed by atoms with van der Waals surface area (Å²) in [6.45, 7) is 4.86. The van der Waals surface area contributed by atoms with Crippen LogP contribution in [0.15, 0.2) is 29.1 Å². The zero-order valence-electron chi connectivity index (χ0n) is 11.7. The first-order valence-corrected chi connectivity index (χ1v) is 7.38. The van der Waals surface area contributed by atoms with E-state index in [4.69, 9.17) is 5.73 Å². The molecule has 1 aliphatic heterocycles. The number of hydrogen-bond acceptors (Lipinski definition) is 3. The lowest BCUT2D eigenvalue weighted by Gasteiger charge is -2.15. The Balaban J connectivity index is 1.60. The van der Waals surface area contributed by atoms with E-state index in [1.54, 1.807) is 0 Å². The molecule has 0 radical (unpaired) electrons. The number of nitrogens with zero attached hydrogens (tertiary/aromatic N) is 2. The molecule has 1 unspecified atom stereocenters. The number of rotatable bonds is 5. The average molecular weight is 274 g/mol. The largest absolute Gasteiger partial charge is 0.330 e. The van der Waals surface area contributed by atoms with Gasteiger partial charge < -0.3 is 15.6 Å². The average Bonchev–Trinajstić information content (AvgIpc) is 3.04. The molecule has 3 N–H and O–H groups in total. The van der Waals surface area contributed by atoms with Crippen LogP contribution in [0.1, 0.15) is 12.8 Å². The zero-order valence-corrected chi connectivity index (χ0v) is 11.7. The van der Waals surface area contributed by atoms with Crippen molar-refractivity contribution in [3.05, 3.63) is 34.7 Å². The highest BCUT2D eigenvalue weighted by Gasteiger charge is 2.20. The van der Waals surface area contributed by atoms with Crippen molar-refractivity contribution in [2.45, 2.75) is 19.4 Å². The van der Waals surface area contributed by atoms with Gasteiger partial charge in [-0.3, -0.25) is 4.57 Å². The normalized spacial score (nSPS) is 19.9. The van der Waals surface area contributed by atoms with Crippen LogP contribution in [0, 0.1) is 5.92 Å². The number of aryl methyl sites for hydroxylation is 1. The first kappa shape index (κ1) is 13.4. The molecule has 1 saturated heterocycles. The van der Waals surface area contributed by atoms with Gasteiger partial charge in [-0.05, 0) is 50.5 Å². The van der Waals surface area contributed by atoms with Gasteiger partial charge in [-0.15, -0.1) is 0 Å². The number of aromatic amines is 1. The number of benzene rings is 1. The van der Waals surface area contributed by atoms with Crippen molar-refractivity contribution in [3.8, 4) is 0 Å². The number of para-hydroxylation sites is 2. The van der Waals surface area contributed by atoms with Gasteiger partial charge in [-0.1, -0.05) is 12.1 Å². The molecule has 1 fully saturated rings. The van der Waals surface area contributed by atoms with E-state index in [2.05, 4.69) is 9.88 Å². The number of aromatic nitrogens is 2. The number of H-pyrrole nitrogens is 1. The fraction of sp³-hybridized carbons (Fsp3) is 0.533. The van der Waals surface area contributed by atoms with Crippen molar-refractivity contribution in [2.24, 2.45) is 11.7 Å². The van der Waals surface area contributed by atoms with Crippen molar-refractivity contribution in [1.82, 2.24) is 14.5 Å². The second kappa shape index (κ2) is 5.81. The Hall–Kier alpha value is -1.59. The maximum absolute atomic E-state index is 11.9. The summed E-state index contributed by atoms with van der Waals surface area (Å²) >= 11 is 0. The van der Waals surface area contributed by atoms with Crippen LogP contribution in [0.3, 0.4) is 0 Å². The summed E-state index contributed by atoms with van der Waals surface area (Å²) in [5, 5.41) is 0. The third-order valence-electron chi connectivity index (χ3n) is 4.24. The molecular formula is C15H22N4O. The molecule has 1 aromatic carbocycles. The number of hydrogen-bond donors (Lipinski definition) is 2. The molecule has 20 heavy (non-hydrogen) atoms. The molecule has 5 nitrogen and oxygen atoms in total. The summed E-state index contributed by atoms with van der Waals surface area (Å²) < 4.78 is 1.84. The van der Waals surface area contributed by atoms with Crippen LogP contribution in [-0.4, -0.2) is 40.6 Å². The lowest BCUT2D eigenvalue weighted by atomic mass is 10.1. The van der Waals surface area contributed by atoms with Crippen LogP contribution in [0.2, 0.25) is 0 Å². The van der Waals surface area contributed by atoms with Gasteiger partial charge in [0, 0.05) is 13.1 Å². The predicted octanol–water partition coefficient (Wildman–Crippen LogP) is 1.00. The molecule has 1 atom stereocenters. The van der Waals surface area contributed by atoms with E-state index in [0.717, 1.165) is 50.2 Å². The highest BCUT2D eigenvalue weighted by molar-refractivity contribution is 5.74. The Morgan fingerprint density at radius 3 is 2.95 bits per heavy atom. The van der Waals surface area contributed by atoms with Crippen LogP contribution >= 0.6 is 0 Å². The molecule has 3 rings (SSSR count). The summed E-state index contributed by atoms with van der Waals surface area (Å²) in [7, 11) is 0. The van der Waals surface area contributed by atoms with Crippen molar-refractivity contribution in [2.75, 3.05) is 26.2 Å². The molecule has 0 spiro atoms. The van der Waals surface area contributed by atoms with Gasteiger partial charge in [-0.2, -0.15) is 0 Å². The molecular weight excluding hydrogens is 252 g/mol. The summed E-state index contributed by atoms with van der Waals surface area (Å²) in [6.07, 6.45) is 2.21. The van der Waals surface area contributed by atoms with Crippen LogP contribution in [-0.2, 0) is 6.54 Å². The molecule has 2 heterocycles. The Morgan fingerprint density at radius 1 is 1.30 bits per heavy atom.